The third-order valence-electron chi connectivity index (χ3n) is 3.71. The fourth-order valence-electron chi connectivity index (χ4n) is 2.57. The van der Waals surface area contributed by atoms with Crippen molar-refractivity contribution < 1.29 is 19.1 Å². The fraction of sp³-hybridized carbons (Fsp3) is 0.333. The van der Waals surface area contributed by atoms with Crippen LogP contribution in [0.25, 0.3) is 11.0 Å². The minimum absolute atomic E-state index is 0.0582. The van der Waals surface area contributed by atoms with E-state index in [0.29, 0.717) is 29.6 Å². The van der Waals surface area contributed by atoms with Gasteiger partial charge in [-0.3, -0.25) is 4.79 Å². The molecule has 1 N–H and O–H groups in total. The highest BCUT2D eigenvalue weighted by Gasteiger charge is 2.42. The summed E-state index contributed by atoms with van der Waals surface area (Å²) in [7, 11) is 0. The lowest BCUT2D eigenvalue weighted by Crippen LogP contribution is -2.45. The number of rotatable bonds is 4. The summed E-state index contributed by atoms with van der Waals surface area (Å²) >= 11 is 0. The van der Waals surface area contributed by atoms with Gasteiger partial charge in [-0.15, -0.1) is 0 Å². The first-order valence-corrected chi connectivity index (χ1v) is 6.46. The summed E-state index contributed by atoms with van der Waals surface area (Å²) in [6, 6.07) is 9.18. The first kappa shape index (κ1) is 12.5. The van der Waals surface area contributed by atoms with E-state index in [9.17, 15) is 4.79 Å². The normalized spacial score (nSPS) is 16.4. The predicted octanol–water partition coefficient (Wildman–Crippen LogP) is 3.08. The number of para-hydroxylation sites is 1. The summed E-state index contributed by atoms with van der Waals surface area (Å²) in [5.74, 6) is -0.428. The summed E-state index contributed by atoms with van der Waals surface area (Å²) < 4.78 is 11.4. The topological polar surface area (TPSA) is 83.5 Å². The second-order valence-corrected chi connectivity index (χ2v) is 5.08. The van der Waals surface area contributed by atoms with Gasteiger partial charge in [0.2, 0.25) is 5.76 Å². The molecule has 1 aliphatic carbocycles. The predicted molar refractivity (Wildman–Crippen MR) is 70.4 cm³/mol. The zero-order chi connectivity index (χ0) is 14.2. The molecule has 5 heteroatoms. The van der Waals surface area contributed by atoms with Gasteiger partial charge in [-0.2, -0.15) is 5.26 Å². The molecule has 1 heterocycles. The number of aliphatic carboxylic acids is 1. The average molecular weight is 271 g/mol. The van der Waals surface area contributed by atoms with Crippen molar-refractivity contribution in [3.8, 4) is 11.8 Å². The van der Waals surface area contributed by atoms with Crippen molar-refractivity contribution in [1.29, 1.82) is 5.26 Å². The Kier molecular flexibility index (Phi) is 2.87. The summed E-state index contributed by atoms with van der Waals surface area (Å²) in [5.41, 5.74) is -0.131. The van der Waals surface area contributed by atoms with E-state index in [4.69, 9.17) is 19.5 Å². The molecule has 0 saturated heterocycles. The van der Waals surface area contributed by atoms with Gasteiger partial charge >= 0.3 is 5.97 Å². The average Bonchev–Trinajstić information content (AvgIpc) is 2.74. The molecule has 0 radical (unpaired) electrons. The Morgan fingerprint density at radius 2 is 2.20 bits per heavy atom. The van der Waals surface area contributed by atoms with E-state index in [1.54, 1.807) is 6.07 Å². The van der Waals surface area contributed by atoms with Crippen molar-refractivity contribution in [2.75, 3.05) is 0 Å². The Morgan fingerprint density at radius 1 is 1.45 bits per heavy atom. The highest BCUT2D eigenvalue weighted by molar-refractivity contribution is 5.86. The van der Waals surface area contributed by atoms with Crippen LogP contribution < -0.4 is 4.74 Å². The highest BCUT2D eigenvalue weighted by atomic mass is 16.5. The van der Waals surface area contributed by atoms with Gasteiger partial charge in [0, 0.05) is 0 Å². The molecule has 5 nitrogen and oxygen atoms in total. The van der Waals surface area contributed by atoms with Crippen LogP contribution >= 0.6 is 0 Å². The van der Waals surface area contributed by atoms with Gasteiger partial charge in [-0.1, -0.05) is 12.1 Å². The molecule has 1 aromatic carbocycles. The van der Waals surface area contributed by atoms with Gasteiger partial charge < -0.3 is 14.3 Å². The second kappa shape index (κ2) is 4.57. The summed E-state index contributed by atoms with van der Waals surface area (Å²) in [5, 5.41) is 18.9. The van der Waals surface area contributed by atoms with Crippen LogP contribution in [0.1, 0.15) is 31.4 Å². The molecule has 0 spiro atoms. The SMILES string of the molecule is N#Cc1oc2ccccc2c1OC1(CC(=O)O)CCC1. The first-order valence-electron chi connectivity index (χ1n) is 6.46. The van der Waals surface area contributed by atoms with Gasteiger partial charge in [0.25, 0.3) is 0 Å². The van der Waals surface area contributed by atoms with Crippen LogP contribution in [-0.4, -0.2) is 16.7 Å². The number of hydrogen-bond acceptors (Lipinski definition) is 4. The van der Waals surface area contributed by atoms with E-state index in [0.717, 1.165) is 6.42 Å². The summed E-state index contributed by atoms with van der Waals surface area (Å²) in [4.78, 5) is 11.0. The van der Waals surface area contributed by atoms with Gasteiger partial charge in [0.1, 0.15) is 17.3 Å². The minimum atomic E-state index is -0.893. The zero-order valence-electron chi connectivity index (χ0n) is 10.8. The summed E-state index contributed by atoms with van der Waals surface area (Å²) in [6.45, 7) is 0. The van der Waals surface area contributed by atoms with Crippen molar-refractivity contribution in [1.82, 2.24) is 0 Å². The standard InChI is InChI=1S/C15H13NO4/c16-9-12-14(10-4-1-2-5-11(10)19-12)20-15(6-3-7-15)8-13(17)18/h1-2,4-5H,3,6-8H2,(H,17,18). The van der Waals surface area contributed by atoms with Crippen molar-refractivity contribution in [3.05, 3.63) is 30.0 Å². The number of benzene rings is 1. The van der Waals surface area contributed by atoms with Gasteiger partial charge in [0.15, 0.2) is 5.75 Å². The number of carboxylic acids is 1. The monoisotopic (exact) mass is 271 g/mol. The van der Waals surface area contributed by atoms with Crippen LogP contribution in [0.3, 0.4) is 0 Å². The lowest BCUT2D eigenvalue weighted by Gasteiger charge is -2.40. The van der Waals surface area contributed by atoms with Gasteiger partial charge in [0.05, 0.1) is 11.8 Å². The molecule has 102 valence electrons. The van der Waals surface area contributed by atoms with E-state index in [-0.39, 0.29) is 12.2 Å². The zero-order valence-corrected chi connectivity index (χ0v) is 10.8. The maximum Gasteiger partial charge on any atom is 0.307 e. The number of carbonyl (C=O) groups is 1. The Hall–Kier alpha value is -2.48. The molecule has 0 atom stereocenters. The molecular weight excluding hydrogens is 258 g/mol. The van der Waals surface area contributed by atoms with Crippen molar-refractivity contribution >= 4 is 16.9 Å². The van der Waals surface area contributed by atoms with E-state index in [1.165, 1.54) is 0 Å². The highest BCUT2D eigenvalue weighted by Crippen LogP contribution is 2.43. The molecule has 3 rings (SSSR count). The molecule has 0 bridgehead atoms. The molecule has 0 unspecified atom stereocenters. The van der Waals surface area contributed by atoms with Crippen LogP contribution in [0, 0.1) is 11.3 Å². The van der Waals surface area contributed by atoms with E-state index in [2.05, 4.69) is 0 Å². The number of nitriles is 1. The number of ether oxygens (including phenoxy) is 1. The van der Waals surface area contributed by atoms with Gasteiger partial charge in [-0.25, -0.2) is 0 Å². The Bertz CT molecular complexity index is 706. The number of fused-ring (bicyclic) bond motifs is 1. The molecule has 0 amide bonds. The third-order valence-corrected chi connectivity index (χ3v) is 3.71. The maximum atomic E-state index is 11.0. The van der Waals surface area contributed by atoms with Crippen LogP contribution in [0.15, 0.2) is 28.7 Å². The second-order valence-electron chi connectivity index (χ2n) is 5.08. The fourth-order valence-corrected chi connectivity index (χ4v) is 2.57. The molecule has 1 aromatic heterocycles. The van der Waals surface area contributed by atoms with E-state index >= 15 is 0 Å². The quantitative estimate of drug-likeness (QED) is 0.923. The number of carboxylic acid groups (broad SMARTS) is 1. The smallest absolute Gasteiger partial charge is 0.307 e. The molecular formula is C15H13NO4. The van der Waals surface area contributed by atoms with Crippen LogP contribution in [0.4, 0.5) is 0 Å². The lowest BCUT2D eigenvalue weighted by molar-refractivity contribution is -0.144. The van der Waals surface area contributed by atoms with Crippen molar-refractivity contribution in [2.45, 2.75) is 31.3 Å². The molecule has 0 aliphatic heterocycles. The third kappa shape index (κ3) is 1.99. The molecule has 20 heavy (non-hydrogen) atoms. The van der Waals surface area contributed by atoms with Gasteiger partial charge in [-0.05, 0) is 31.4 Å². The Morgan fingerprint density at radius 3 is 2.80 bits per heavy atom. The van der Waals surface area contributed by atoms with Crippen molar-refractivity contribution in [3.63, 3.8) is 0 Å². The number of hydrogen-bond donors (Lipinski definition) is 1. The van der Waals surface area contributed by atoms with Crippen LogP contribution in [0.5, 0.6) is 5.75 Å². The molecule has 1 saturated carbocycles. The minimum Gasteiger partial charge on any atom is -0.481 e. The molecule has 1 fully saturated rings. The van der Waals surface area contributed by atoms with E-state index < -0.39 is 11.6 Å². The summed E-state index contributed by atoms with van der Waals surface area (Å²) in [6.07, 6.45) is 2.25. The largest absolute Gasteiger partial charge is 0.481 e. The molecule has 1 aliphatic rings. The maximum absolute atomic E-state index is 11.0. The molecule has 2 aromatic rings. The van der Waals surface area contributed by atoms with Crippen LogP contribution in [0.2, 0.25) is 0 Å². The van der Waals surface area contributed by atoms with Crippen LogP contribution in [-0.2, 0) is 4.79 Å². The van der Waals surface area contributed by atoms with Crippen molar-refractivity contribution in [2.24, 2.45) is 0 Å². The number of nitrogens with zero attached hydrogens (tertiary/aromatic N) is 1. The Balaban J connectivity index is 2.01. The number of furan rings is 1. The lowest BCUT2D eigenvalue weighted by atomic mass is 9.77. The van der Waals surface area contributed by atoms with E-state index in [1.807, 2.05) is 24.3 Å². The first-order chi connectivity index (χ1) is 9.63. The Labute approximate surface area is 115 Å².